The molecule has 11 heteroatoms. The molecule has 5 N–H and O–H groups in total. The van der Waals surface area contributed by atoms with Gasteiger partial charge in [0.05, 0.1) is 18.1 Å². The zero-order valence-corrected chi connectivity index (χ0v) is 20.6. The van der Waals surface area contributed by atoms with Gasteiger partial charge in [0.2, 0.25) is 5.82 Å². The van der Waals surface area contributed by atoms with E-state index in [9.17, 15) is 15.2 Å². The van der Waals surface area contributed by atoms with E-state index >= 15 is 0 Å². The van der Waals surface area contributed by atoms with Crippen LogP contribution in [0.1, 0.15) is 46.5 Å². The van der Waals surface area contributed by atoms with Crippen LogP contribution in [0, 0.1) is 15.5 Å². The Balaban J connectivity index is 0.00000281. The number of hydrogen-bond acceptors (Lipinski definition) is 9. The predicted octanol–water partition coefficient (Wildman–Crippen LogP) is 1.86. The average Bonchev–Trinajstić information content (AvgIpc) is 3.30. The molecule has 192 valence electrons. The second kappa shape index (κ2) is 16.1. The number of rotatable bonds is 13. The molecule has 0 spiro atoms. The molecule has 1 saturated heterocycles. The lowest BCUT2D eigenvalue weighted by Gasteiger charge is -2.28. The quantitative estimate of drug-likeness (QED) is 0.102. The van der Waals surface area contributed by atoms with Gasteiger partial charge in [-0.05, 0) is 51.3 Å². The van der Waals surface area contributed by atoms with Gasteiger partial charge in [0, 0.05) is 25.9 Å². The molecule has 11 nitrogen and oxygen atoms in total. The number of nitrogens with one attached hydrogen (secondary N) is 1. The molecular formula is C23H40N6O5. The van der Waals surface area contributed by atoms with Crippen LogP contribution in [0.5, 0.6) is 0 Å². The van der Waals surface area contributed by atoms with E-state index in [0.717, 1.165) is 44.3 Å². The minimum absolute atomic E-state index is 0.122. The number of likely N-dealkylation sites (tertiary alicyclic amines) is 1. The maximum absolute atomic E-state index is 11.6. The zero-order valence-electron chi connectivity index (χ0n) is 20.6. The minimum atomic E-state index is -1.23. The molecule has 0 aromatic heterocycles. The van der Waals surface area contributed by atoms with Gasteiger partial charge in [-0.2, -0.15) is 0 Å². The standard InChI is InChI=1S/C21H34N6O5.C2H6/c1-2-32-18(29)15-26(21(24-8-11-28)19(20(22)23)27(30)31)14-17-7-5-6-16(12-17)13-25-9-3-4-10-25;1-2/h7-8,12,18,28-29H,2-6,9-11,13-15H2,1H3,(H3,22,23);1-2H3/b21-19-,24-8+;. The molecule has 1 fully saturated rings. The molecule has 1 unspecified atom stereocenters. The molecule has 0 aromatic rings. The molecule has 2 rings (SSSR count). The number of aliphatic imine (C=N–C) groups is 1. The normalized spacial score (nSPS) is 17.9. The smallest absolute Gasteiger partial charge is 0.352 e. The van der Waals surface area contributed by atoms with Crippen molar-refractivity contribution < 1.29 is 19.9 Å². The van der Waals surface area contributed by atoms with Gasteiger partial charge in [-0.1, -0.05) is 31.6 Å². The van der Waals surface area contributed by atoms with E-state index < -0.39 is 29.4 Å². The SMILES string of the molecule is CC.CCOC(O)CN(CC1=CCCC(CN2CCCC2)=C1)C(/N=C/CO)=C(/C(=N)N)[N+](=O)[O-]. The Morgan fingerprint density at radius 3 is 2.68 bits per heavy atom. The number of amidine groups is 1. The molecule has 0 saturated carbocycles. The number of allylic oxidation sites excluding steroid dienone is 1. The summed E-state index contributed by atoms with van der Waals surface area (Å²) in [4.78, 5) is 18.8. The van der Waals surface area contributed by atoms with Crippen LogP contribution in [-0.4, -0.2) is 89.2 Å². The summed E-state index contributed by atoms with van der Waals surface area (Å²) in [6.45, 7) is 8.70. The summed E-state index contributed by atoms with van der Waals surface area (Å²) >= 11 is 0. The van der Waals surface area contributed by atoms with Crippen molar-refractivity contribution >= 4 is 12.1 Å². The van der Waals surface area contributed by atoms with Gasteiger partial charge in [0.25, 0.3) is 0 Å². The van der Waals surface area contributed by atoms with E-state index in [1.807, 2.05) is 13.8 Å². The number of nitrogens with zero attached hydrogens (tertiary/aromatic N) is 4. The molecule has 0 aromatic carbocycles. The third kappa shape index (κ3) is 9.72. The predicted molar refractivity (Wildman–Crippen MR) is 133 cm³/mol. The minimum Gasteiger partial charge on any atom is -0.391 e. The van der Waals surface area contributed by atoms with Gasteiger partial charge in [-0.3, -0.25) is 20.4 Å². The summed E-state index contributed by atoms with van der Waals surface area (Å²) in [6, 6.07) is 0. The lowest BCUT2D eigenvalue weighted by Crippen LogP contribution is -2.37. The monoisotopic (exact) mass is 480 g/mol. The first-order chi connectivity index (χ1) is 16.3. The third-order valence-corrected chi connectivity index (χ3v) is 5.24. The molecule has 1 aliphatic carbocycles. The van der Waals surface area contributed by atoms with E-state index in [4.69, 9.17) is 21.0 Å². The molecule has 34 heavy (non-hydrogen) atoms. The lowest BCUT2D eigenvalue weighted by atomic mass is 9.98. The van der Waals surface area contributed by atoms with Crippen LogP contribution in [0.3, 0.4) is 0 Å². The third-order valence-electron chi connectivity index (χ3n) is 5.24. The molecule has 1 heterocycles. The van der Waals surface area contributed by atoms with Crippen LogP contribution >= 0.6 is 0 Å². The largest absolute Gasteiger partial charge is 0.391 e. The Morgan fingerprint density at radius 1 is 1.44 bits per heavy atom. The van der Waals surface area contributed by atoms with E-state index in [1.165, 1.54) is 23.3 Å². The number of aliphatic hydroxyl groups excluding tert-OH is 2. The van der Waals surface area contributed by atoms with Gasteiger partial charge in [-0.15, -0.1) is 0 Å². The van der Waals surface area contributed by atoms with Gasteiger partial charge in [0.1, 0.15) is 0 Å². The van der Waals surface area contributed by atoms with Crippen molar-refractivity contribution in [1.82, 2.24) is 9.80 Å². The van der Waals surface area contributed by atoms with Crippen LogP contribution in [0.25, 0.3) is 0 Å². The Labute approximate surface area is 201 Å². The maximum Gasteiger partial charge on any atom is 0.352 e. The molecule has 2 aliphatic rings. The van der Waals surface area contributed by atoms with Gasteiger partial charge < -0.3 is 25.6 Å². The molecule has 0 bridgehead atoms. The second-order valence-electron chi connectivity index (χ2n) is 7.73. The highest BCUT2D eigenvalue weighted by Crippen LogP contribution is 2.23. The fraction of sp³-hybridized carbons (Fsp3) is 0.652. The zero-order chi connectivity index (χ0) is 25.5. The van der Waals surface area contributed by atoms with Crippen molar-refractivity contribution in [2.24, 2.45) is 10.7 Å². The number of nitrogens with two attached hydrogens (primary N) is 1. The number of hydrogen-bond donors (Lipinski definition) is 4. The van der Waals surface area contributed by atoms with E-state index in [2.05, 4.69) is 22.0 Å². The number of aliphatic hydroxyl groups is 2. The molecular weight excluding hydrogens is 440 g/mol. The molecule has 1 aliphatic heterocycles. The highest BCUT2D eigenvalue weighted by atomic mass is 16.6. The second-order valence-corrected chi connectivity index (χ2v) is 7.73. The first-order valence-electron chi connectivity index (χ1n) is 11.9. The van der Waals surface area contributed by atoms with Crippen LogP contribution in [0.15, 0.2) is 39.8 Å². The summed E-state index contributed by atoms with van der Waals surface area (Å²) in [5.41, 5.74) is 7.00. The van der Waals surface area contributed by atoms with Gasteiger partial charge in [-0.25, -0.2) is 4.99 Å². The summed E-state index contributed by atoms with van der Waals surface area (Å²) in [5.74, 6) is -0.977. The van der Waals surface area contributed by atoms with Gasteiger partial charge >= 0.3 is 5.70 Å². The van der Waals surface area contributed by atoms with E-state index in [-0.39, 0.29) is 25.5 Å². The Hall–Kier alpha value is -2.60. The first kappa shape index (κ1) is 29.4. The van der Waals surface area contributed by atoms with Crippen molar-refractivity contribution in [3.05, 3.63) is 44.9 Å². The van der Waals surface area contributed by atoms with Crippen LogP contribution in [-0.2, 0) is 4.74 Å². The Bertz CT molecular complexity index is 771. The van der Waals surface area contributed by atoms with Crippen molar-refractivity contribution in [2.75, 3.05) is 45.9 Å². The van der Waals surface area contributed by atoms with Crippen LogP contribution < -0.4 is 5.73 Å². The summed E-state index contributed by atoms with van der Waals surface area (Å²) in [5, 5.41) is 38.7. The molecule has 1 atom stereocenters. The number of nitro groups is 1. The summed E-state index contributed by atoms with van der Waals surface area (Å²) in [6.07, 6.45) is 8.25. The van der Waals surface area contributed by atoms with Crippen LogP contribution in [0.4, 0.5) is 0 Å². The van der Waals surface area contributed by atoms with E-state index in [0.29, 0.717) is 0 Å². The van der Waals surface area contributed by atoms with Crippen molar-refractivity contribution in [2.45, 2.75) is 52.7 Å². The van der Waals surface area contributed by atoms with Crippen molar-refractivity contribution in [3.63, 3.8) is 0 Å². The van der Waals surface area contributed by atoms with Crippen molar-refractivity contribution in [1.29, 1.82) is 5.41 Å². The average molecular weight is 481 g/mol. The topological polar surface area (TPSA) is 162 Å². The lowest BCUT2D eigenvalue weighted by molar-refractivity contribution is -0.417. The molecule has 0 amide bonds. The fourth-order valence-electron chi connectivity index (χ4n) is 3.90. The van der Waals surface area contributed by atoms with E-state index in [1.54, 1.807) is 6.92 Å². The maximum atomic E-state index is 11.6. The van der Waals surface area contributed by atoms with Gasteiger partial charge in [0.15, 0.2) is 12.1 Å². The fourth-order valence-corrected chi connectivity index (χ4v) is 3.90. The highest BCUT2D eigenvalue weighted by molar-refractivity contribution is 5.92. The summed E-state index contributed by atoms with van der Waals surface area (Å²) in [7, 11) is 0. The summed E-state index contributed by atoms with van der Waals surface area (Å²) < 4.78 is 5.22. The van der Waals surface area contributed by atoms with Crippen molar-refractivity contribution in [3.8, 4) is 0 Å². The highest BCUT2D eigenvalue weighted by Gasteiger charge is 2.29. The Morgan fingerprint density at radius 2 is 2.12 bits per heavy atom. The van der Waals surface area contributed by atoms with Crippen LogP contribution in [0.2, 0.25) is 0 Å². The molecule has 0 radical (unpaired) electrons. The Kier molecular flexibility index (Phi) is 13.9. The first-order valence-corrected chi connectivity index (χ1v) is 11.9. The number of ether oxygens (including phenoxy) is 1.